The van der Waals surface area contributed by atoms with Crippen LogP contribution in [0.3, 0.4) is 0 Å². The van der Waals surface area contributed by atoms with E-state index in [1.807, 2.05) is 13.8 Å². The molecule has 1 aliphatic heterocycles. The molecule has 4 aromatic rings. The number of ether oxygens (including phenoxy) is 1. The molecule has 5 rings (SSSR count). The lowest BCUT2D eigenvalue weighted by molar-refractivity contribution is 0.0696. The molecule has 0 unspecified atom stereocenters. The van der Waals surface area contributed by atoms with E-state index >= 15 is 4.39 Å². The molecule has 0 bridgehead atoms. The standard InChI is InChI=1S/C25H25F2N7O3.2ClH/c1-14(2)37-17-10-28-25(29-11-17)33-7-5-16(6-8-33)34-12-19(27)21-22(30-13-31-23(21)34)32-20-4-3-15(24(35)36)9-18(20)26;;/h3-4,9-14,16H,5-8H2,1-2H3,(H,35,36)(H,30,31,32);2*1H. The van der Waals surface area contributed by atoms with Crippen molar-refractivity contribution in [3.8, 4) is 5.75 Å². The van der Waals surface area contributed by atoms with Gasteiger partial charge in [0.2, 0.25) is 5.95 Å². The Hall–Kier alpha value is -3.77. The Kier molecular flexibility index (Phi) is 9.46. The Bertz CT molecular complexity index is 1450. The molecule has 0 spiro atoms. The van der Waals surface area contributed by atoms with Crippen LogP contribution in [-0.4, -0.2) is 54.8 Å². The fourth-order valence-corrected chi connectivity index (χ4v) is 4.44. The molecule has 10 nitrogen and oxygen atoms in total. The van der Waals surface area contributed by atoms with E-state index < -0.39 is 17.6 Å². The van der Waals surface area contributed by atoms with E-state index in [0.717, 1.165) is 18.9 Å². The summed E-state index contributed by atoms with van der Waals surface area (Å²) >= 11 is 0. The van der Waals surface area contributed by atoms with Crippen molar-refractivity contribution in [2.45, 2.75) is 38.8 Å². The zero-order valence-electron chi connectivity index (χ0n) is 21.0. The topological polar surface area (TPSA) is 118 Å². The van der Waals surface area contributed by atoms with E-state index in [-0.39, 0.29) is 59.4 Å². The first kappa shape index (κ1) is 29.8. The molecule has 0 amide bonds. The first-order valence-electron chi connectivity index (χ1n) is 11.8. The number of hydrogen-bond acceptors (Lipinski definition) is 8. The zero-order valence-corrected chi connectivity index (χ0v) is 22.7. The van der Waals surface area contributed by atoms with Gasteiger partial charge in [0.1, 0.15) is 23.6 Å². The number of anilines is 3. The Morgan fingerprint density at radius 1 is 1.08 bits per heavy atom. The van der Waals surface area contributed by atoms with Crippen molar-refractivity contribution >= 4 is 59.3 Å². The van der Waals surface area contributed by atoms with Crippen molar-refractivity contribution < 1.29 is 23.4 Å². The van der Waals surface area contributed by atoms with Gasteiger partial charge in [-0.3, -0.25) is 0 Å². The van der Waals surface area contributed by atoms with Crippen molar-refractivity contribution in [2.75, 3.05) is 23.3 Å². The van der Waals surface area contributed by atoms with Crippen LogP contribution in [0, 0.1) is 11.6 Å². The van der Waals surface area contributed by atoms with Crippen LogP contribution >= 0.6 is 24.8 Å². The summed E-state index contributed by atoms with van der Waals surface area (Å²) in [7, 11) is 0. The number of halogens is 4. The molecule has 14 heteroatoms. The lowest BCUT2D eigenvalue weighted by atomic mass is 10.1. The van der Waals surface area contributed by atoms with E-state index in [4.69, 9.17) is 9.84 Å². The van der Waals surface area contributed by atoms with Crippen molar-refractivity contribution in [3.63, 3.8) is 0 Å². The van der Waals surface area contributed by atoms with Crippen LogP contribution in [0.1, 0.15) is 43.1 Å². The number of fused-ring (bicyclic) bond motifs is 1. The molecule has 2 N–H and O–H groups in total. The minimum absolute atomic E-state index is 0. The molecule has 0 atom stereocenters. The van der Waals surface area contributed by atoms with Gasteiger partial charge < -0.3 is 24.6 Å². The number of aromatic nitrogens is 5. The number of benzene rings is 1. The van der Waals surface area contributed by atoms with Crippen molar-refractivity contribution in [3.05, 3.63) is 60.3 Å². The third-order valence-electron chi connectivity index (χ3n) is 6.16. The molecule has 1 saturated heterocycles. The van der Waals surface area contributed by atoms with Crippen LogP contribution in [0.4, 0.5) is 26.2 Å². The molecule has 208 valence electrons. The Labute approximate surface area is 235 Å². The Morgan fingerprint density at radius 2 is 1.77 bits per heavy atom. The second-order valence-electron chi connectivity index (χ2n) is 9.03. The van der Waals surface area contributed by atoms with Crippen molar-refractivity contribution in [2.24, 2.45) is 0 Å². The van der Waals surface area contributed by atoms with Gasteiger partial charge >= 0.3 is 5.97 Å². The number of nitrogens with zero attached hydrogens (tertiary/aromatic N) is 6. The monoisotopic (exact) mass is 581 g/mol. The normalized spacial score (nSPS) is 13.6. The maximum atomic E-state index is 15.1. The first-order valence-corrected chi connectivity index (χ1v) is 11.8. The summed E-state index contributed by atoms with van der Waals surface area (Å²) < 4.78 is 37.0. The van der Waals surface area contributed by atoms with Crippen LogP contribution < -0.4 is 15.0 Å². The molecule has 0 saturated carbocycles. The first-order chi connectivity index (χ1) is 17.8. The number of aromatic carboxylic acids is 1. The van der Waals surface area contributed by atoms with E-state index in [1.54, 1.807) is 17.0 Å². The van der Waals surface area contributed by atoms with Gasteiger partial charge in [-0.2, -0.15) is 0 Å². The molecule has 1 aromatic carbocycles. The molecule has 1 aliphatic rings. The number of piperidine rings is 1. The summed E-state index contributed by atoms with van der Waals surface area (Å²) in [6.07, 6.45) is 7.47. The maximum absolute atomic E-state index is 15.1. The van der Waals surface area contributed by atoms with Crippen molar-refractivity contribution in [1.82, 2.24) is 24.5 Å². The van der Waals surface area contributed by atoms with Crippen LogP contribution in [0.25, 0.3) is 11.0 Å². The summed E-state index contributed by atoms with van der Waals surface area (Å²) in [5.74, 6) is -1.24. The lowest BCUT2D eigenvalue weighted by Crippen LogP contribution is -2.35. The third-order valence-corrected chi connectivity index (χ3v) is 6.16. The fraction of sp³-hybridized carbons (Fsp3) is 0.320. The molecule has 39 heavy (non-hydrogen) atoms. The Morgan fingerprint density at radius 3 is 2.38 bits per heavy atom. The van der Waals surface area contributed by atoms with Gasteiger partial charge in [0.05, 0.1) is 35.1 Å². The van der Waals surface area contributed by atoms with Crippen LogP contribution in [-0.2, 0) is 0 Å². The van der Waals surface area contributed by atoms with Crippen molar-refractivity contribution in [1.29, 1.82) is 0 Å². The lowest BCUT2D eigenvalue weighted by Gasteiger charge is -2.32. The number of rotatable bonds is 7. The van der Waals surface area contributed by atoms with Gasteiger partial charge in [-0.25, -0.2) is 33.5 Å². The summed E-state index contributed by atoms with van der Waals surface area (Å²) in [4.78, 5) is 30.4. The van der Waals surface area contributed by atoms with E-state index in [1.165, 1.54) is 24.7 Å². The highest BCUT2D eigenvalue weighted by Crippen LogP contribution is 2.33. The van der Waals surface area contributed by atoms with E-state index in [2.05, 4.69) is 30.2 Å². The molecule has 4 heterocycles. The molecular formula is C25H27Cl2F2N7O3. The average molecular weight is 582 g/mol. The maximum Gasteiger partial charge on any atom is 0.335 e. The number of nitrogens with one attached hydrogen (secondary N) is 1. The highest BCUT2D eigenvalue weighted by Gasteiger charge is 2.26. The van der Waals surface area contributed by atoms with Gasteiger partial charge in [0.15, 0.2) is 11.6 Å². The zero-order chi connectivity index (χ0) is 26.1. The van der Waals surface area contributed by atoms with Gasteiger partial charge in [0.25, 0.3) is 0 Å². The summed E-state index contributed by atoms with van der Waals surface area (Å²) in [6, 6.07) is 3.42. The SMILES string of the molecule is CC(C)Oc1cnc(N2CCC(n3cc(F)c4c(Nc5ccc(C(=O)O)cc5F)ncnc43)CC2)nc1.Cl.Cl. The second-order valence-corrected chi connectivity index (χ2v) is 9.03. The van der Waals surface area contributed by atoms with E-state index in [9.17, 15) is 9.18 Å². The predicted octanol–water partition coefficient (Wildman–Crippen LogP) is 5.41. The summed E-state index contributed by atoms with van der Waals surface area (Å²) in [5.41, 5.74) is 0.183. The number of hydrogen-bond donors (Lipinski definition) is 2. The van der Waals surface area contributed by atoms with Crippen LogP contribution in [0.5, 0.6) is 5.75 Å². The molecule has 0 radical (unpaired) electrons. The van der Waals surface area contributed by atoms with Gasteiger partial charge in [-0.15, -0.1) is 24.8 Å². The summed E-state index contributed by atoms with van der Waals surface area (Å²) in [6.45, 7) is 5.22. The highest BCUT2D eigenvalue weighted by atomic mass is 35.5. The second kappa shape index (κ2) is 12.4. The molecular weight excluding hydrogens is 555 g/mol. The molecule has 1 fully saturated rings. The third kappa shape index (κ3) is 6.28. The fourth-order valence-electron chi connectivity index (χ4n) is 4.44. The van der Waals surface area contributed by atoms with E-state index in [0.29, 0.717) is 30.4 Å². The molecule has 3 aromatic heterocycles. The highest BCUT2D eigenvalue weighted by molar-refractivity contribution is 5.91. The van der Waals surface area contributed by atoms with Gasteiger partial charge in [0, 0.05) is 25.3 Å². The van der Waals surface area contributed by atoms with Crippen LogP contribution in [0.15, 0.2) is 43.1 Å². The minimum Gasteiger partial charge on any atom is -0.488 e. The largest absolute Gasteiger partial charge is 0.488 e. The predicted molar refractivity (Wildman–Crippen MR) is 147 cm³/mol. The summed E-state index contributed by atoms with van der Waals surface area (Å²) in [5, 5.41) is 12.0. The number of carbonyl (C=O) groups is 1. The van der Waals surface area contributed by atoms with Gasteiger partial charge in [-0.1, -0.05) is 0 Å². The van der Waals surface area contributed by atoms with Gasteiger partial charge in [-0.05, 0) is 44.9 Å². The molecule has 0 aliphatic carbocycles. The Balaban J connectivity index is 0.00000210. The van der Waals surface area contributed by atoms with Crippen LogP contribution in [0.2, 0.25) is 0 Å². The smallest absolute Gasteiger partial charge is 0.335 e. The number of carboxylic acids is 1. The minimum atomic E-state index is -1.24. The average Bonchev–Trinajstić information content (AvgIpc) is 3.22. The number of carboxylic acid groups (broad SMARTS) is 1. The quantitative estimate of drug-likeness (QED) is 0.295.